The van der Waals surface area contributed by atoms with E-state index in [9.17, 15) is 14.0 Å². The maximum Gasteiger partial charge on any atom is 0.414 e. The van der Waals surface area contributed by atoms with Gasteiger partial charge >= 0.3 is 6.09 Å². The molecule has 1 aliphatic heterocycles. The second kappa shape index (κ2) is 7.08. The van der Waals surface area contributed by atoms with Crippen molar-refractivity contribution < 1.29 is 18.7 Å². The van der Waals surface area contributed by atoms with Crippen molar-refractivity contribution in [3.63, 3.8) is 0 Å². The van der Waals surface area contributed by atoms with Gasteiger partial charge in [0, 0.05) is 24.0 Å². The average Bonchev–Trinajstić information content (AvgIpc) is 2.99. The predicted molar refractivity (Wildman–Crippen MR) is 86.3 cm³/mol. The van der Waals surface area contributed by atoms with Crippen LogP contribution < -0.4 is 10.2 Å². The number of carbonyl (C=O) groups excluding carboxylic acids is 2. The fraction of sp³-hybridized carbons (Fsp3) is 0.235. The Bertz CT molecular complexity index is 766. The van der Waals surface area contributed by atoms with Crippen molar-refractivity contribution in [2.75, 3.05) is 23.4 Å². The smallest absolute Gasteiger partial charge is 0.414 e. The molecule has 2 heterocycles. The molecule has 7 heteroatoms. The largest absolute Gasteiger partial charge is 0.447 e. The Hall–Kier alpha value is -2.96. The van der Waals surface area contributed by atoms with Crippen LogP contribution in [0.2, 0.25) is 0 Å². The Kier molecular flexibility index (Phi) is 4.69. The highest BCUT2D eigenvalue weighted by Gasteiger charge is 2.23. The molecular formula is C17H16FN3O3. The number of rotatable bonds is 5. The lowest BCUT2D eigenvalue weighted by Crippen LogP contribution is -2.23. The van der Waals surface area contributed by atoms with Gasteiger partial charge in [-0.25, -0.2) is 9.18 Å². The van der Waals surface area contributed by atoms with E-state index in [0.717, 1.165) is 6.20 Å². The number of pyridine rings is 1. The minimum Gasteiger partial charge on any atom is -0.447 e. The maximum atomic E-state index is 13.1. The third-order valence-electron chi connectivity index (χ3n) is 3.60. The second-order valence-corrected chi connectivity index (χ2v) is 5.38. The lowest BCUT2D eigenvalue weighted by Gasteiger charge is -2.14. The summed E-state index contributed by atoms with van der Waals surface area (Å²) in [4.78, 5) is 28.9. The van der Waals surface area contributed by atoms with Crippen molar-refractivity contribution in [3.8, 4) is 0 Å². The van der Waals surface area contributed by atoms with E-state index in [1.807, 2.05) is 0 Å². The van der Waals surface area contributed by atoms with Gasteiger partial charge in [-0.15, -0.1) is 0 Å². The minimum atomic E-state index is -0.418. The van der Waals surface area contributed by atoms with Crippen molar-refractivity contribution in [3.05, 3.63) is 54.1 Å². The van der Waals surface area contributed by atoms with Gasteiger partial charge in [-0.2, -0.15) is 0 Å². The van der Waals surface area contributed by atoms with Gasteiger partial charge in [0.05, 0.1) is 12.7 Å². The number of hydrogen-bond acceptors (Lipinski definition) is 4. The molecule has 124 valence electrons. The number of aromatic nitrogens is 1. The Morgan fingerprint density at radius 3 is 2.96 bits per heavy atom. The maximum absolute atomic E-state index is 13.1. The summed E-state index contributed by atoms with van der Waals surface area (Å²) in [7, 11) is 0. The molecule has 1 aromatic heterocycles. The summed E-state index contributed by atoms with van der Waals surface area (Å²) in [5.74, 6) is -0.612. The van der Waals surface area contributed by atoms with Crippen LogP contribution in [-0.4, -0.2) is 30.1 Å². The highest BCUT2D eigenvalue weighted by molar-refractivity contribution is 5.93. The Labute approximate surface area is 138 Å². The second-order valence-electron chi connectivity index (χ2n) is 5.38. The van der Waals surface area contributed by atoms with Gasteiger partial charge in [-0.05, 0) is 36.2 Å². The van der Waals surface area contributed by atoms with Crippen molar-refractivity contribution in [1.82, 2.24) is 4.98 Å². The van der Waals surface area contributed by atoms with Gasteiger partial charge in [0.25, 0.3) is 0 Å². The van der Waals surface area contributed by atoms with Crippen molar-refractivity contribution in [2.45, 2.75) is 12.8 Å². The summed E-state index contributed by atoms with van der Waals surface area (Å²) in [6.07, 6.45) is 2.88. The number of anilines is 2. The molecule has 0 atom stereocenters. The number of carbonyl (C=O) groups is 2. The van der Waals surface area contributed by atoms with E-state index in [-0.39, 0.29) is 12.3 Å². The van der Waals surface area contributed by atoms with Gasteiger partial charge in [-0.3, -0.25) is 14.7 Å². The number of cyclic esters (lactones) is 1. The van der Waals surface area contributed by atoms with Crippen molar-refractivity contribution >= 4 is 23.4 Å². The van der Waals surface area contributed by atoms with E-state index in [0.29, 0.717) is 36.5 Å². The molecular weight excluding hydrogens is 313 g/mol. The number of aryl methyl sites for hydroxylation is 1. The molecule has 1 aliphatic rings. The van der Waals surface area contributed by atoms with E-state index in [2.05, 4.69) is 10.3 Å². The molecule has 0 bridgehead atoms. The summed E-state index contributed by atoms with van der Waals surface area (Å²) >= 11 is 0. The number of benzene rings is 1. The van der Waals surface area contributed by atoms with Crippen molar-refractivity contribution in [2.24, 2.45) is 0 Å². The Morgan fingerprint density at radius 1 is 1.33 bits per heavy atom. The molecule has 6 nitrogen and oxygen atoms in total. The van der Waals surface area contributed by atoms with Crippen LogP contribution in [-0.2, 0) is 16.0 Å². The molecule has 1 fully saturated rings. The highest BCUT2D eigenvalue weighted by Crippen LogP contribution is 2.22. The molecule has 1 aromatic carbocycles. The molecule has 1 N–H and O–H groups in total. The zero-order valence-corrected chi connectivity index (χ0v) is 12.9. The standard InChI is InChI=1S/C17H16FN3O3/c18-13-8-12(10-19-11-13)4-5-16(22)20-14-2-1-3-15(9-14)21-6-7-24-17(21)23/h1-3,8-11H,4-7H2,(H,20,22). The Morgan fingerprint density at radius 2 is 2.21 bits per heavy atom. The minimum absolute atomic E-state index is 0.194. The predicted octanol–water partition coefficient (Wildman–Crippen LogP) is 2.75. The van der Waals surface area contributed by atoms with Gasteiger partial charge in [0.1, 0.15) is 12.4 Å². The van der Waals surface area contributed by atoms with E-state index in [1.54, 1.807) is 24.3 Å². The lowest BCUT2D eigenvalue weighted by molar-refractivity contribution is -0.116. The lowest BCUT2D eigenvalue weighted by atomic mass is 10.1. The first-order chi connectivity index (χ1) is 11.6. The van der Waals surface area contributed by atoms with Gasteiger partial charge < -0.3 is 10.1 Å². The number of nitrogens with zero attached hydrogens (tertiary/aromatic N) is 2. The van der Waals surface area contributed by atoms with Gasteiger partial charge in [0.15, 0.2) is 0 Å². The molecule has 0 unspecified atom stereocenters. The van der Waals surface area contributed by atoms with Crippen LogP contribution >= 0.6 is 0 Å². The number of halogens is 1. The topological polar surface area (TPSA) is 71.5 Å². The van der Waals surface area contributed by atoms with E-state index in [1.165, 1.54) is 17.2 Å². The summed E-state index contributed by atoms with van der Waals surface area (Å²) in [5, 5.41) is 2.77. The number of nitrogens with one attached hydrogen (secondary N) is 1. The molecule has 0 radical (unpaired) electrons. The number of ether oxygens (including phenoxy) is 1. The van der Waals surface area contributed by atoms with E-state index in [4.69, 9.17) is 4.74 Å². The Balaban J connectivity index is 1.59. The van der Waals surface area contributed by atoms with Crippen LogP contribution in [0.4, 0.5) is 20.6 Å². The molecule has 2 amide bonds. The number of hydrogen-bond donors (Lipinski definition) is 1. The molecule has 0 aliphatic carbocycles. The molecule has 1 saturated heterocycles. The number of amides is 2. The monoisotopic (exact) mass is 329 g/mol. The summed E-state index contributed by atoms with van der Waals surface area (Å²) in [6, 6.07) is 8.36. The van der Waals surface area contributed by atoms with E-state index >= 15 is 0 Å². The molecule has 0 spiro atoms. The van der Waals surface area contributed by atoms with Crippen LogP contribution in [0.5, 0.6) is 0 Å². The van der Waals surface area contributed by atoms with Crippen LogP contribution in [0.3, 0.4) is 0 Å². The average molecular weight is 329 g/mol. The zero-order valence-electron chi connectivity index (χ0n) is 12.9. The van der Waals surface area contributed by atoms with Crippen LogP contribution in [0.25, 0.3) is 0 Å². The summed E-state index contributed by atoms with van der Waals surface area (Å²) in [5.41, 5.74) is 1.93. The third-order valence-corrected chi connectivity index (χ3v) is 3.60. The summed E-state index contributed by atoms with van der Waals surface area (Å²) in [6.45, 7) is 0.847. The van der Waals surface area contributed by atoms with Crippen molar-refractivity contribution in [1.29, 1.82) is 0 Å². The van der Waals surface area contributed by atoms with Gasteiger partial charge in [-0.1, -0.05) is 6.07 Å². The third kappa shape index (κ3) is 3.87. The van der Waals surface area contributed by atoms with Gasteiger partial charge in [0.2, 0.25) is 5.91 Å². The first-order valence-corrected chi connectivity index (χ1v) is 7.55. The van der Waals surface area contributed by atoms with Crippen LogP contribution in [0.1, 0.15) is 12.0 Å². The first kappa shape index (κ1) is 15.9. The zero-order chi connectivity index (χ0) is 16.9. The molecule has 3 rings (SSSR count). The summed E-state index contributed by atoms with van der Waals surface area (Å²) < 4.78 is 18.0. The fourth-order valence-corrected chi connectivity index (χ4v) is 2.45. The highest BCUT2D eigenvalue weighted by atomic mass is 19.1. The molecule has 24 heavy (non-hydrogen) atoms. The molecule has 0 saturated carbocycles. The van der Waals surface area contributed by atoms with E-state index < -0.39 is 11.9 Å². The normalized spacial score (nSPS) is 13.7. The quantitative estimate of drug-likeness (QED) is 0.915. The van der Waals surface area contributed by atoms with Crippen LogP contribution in [0, 0.1) is 5.82 Å². The van der Waals surface area contributed by atoms with Crippen LogP contribution in [0.15, 0.2) is 42.7 Å². The first-order valence-electron chi connectivity index (χ1n) is 7.55. The molecule has 2 aromatic rings. The fourth-order valence-electron chi connectivity index (χ4n) is 2.45. The SMILES string of the molecule is O=C(CCc1cncc(F)c1)Nc1cccc(N2CCOC2=O)c1.